The van der Waals surface area contributed by atoms with Gasteiger partial charge in [-0.1, -0.05) is 12.1 Å². The number of carbonyl (C=O) groups is 2. The van der Waals surface area contributed by atoms with Gasteiger partial charge in [-0.05, 0) is 42.2 Å². The number of aromatic nitrogens is 1. The quantitative estimate of drug-likeness (QED) is 0.732. The molecule has 0 aliphatic carbocycles. The summed E-state index contributed by atoms with van der Waals surface area (Å²) in [5.74, 6) is -1.12. The van der Waals surface area contributed by atoms with Gasteiger partial charge in [0.25, 0.3) is 5.56 Å². The lowest BCUT2D eigenvalue weighted by molar-refractivity contribution is -0.137. The van der Waals surface area contributed by atoms with Crippen LogP contribution in [0.15, 0.2) is 41.2 Å². The third-order valence-corrected chi connectivity index (χ3v) is 6.81. The van der Waals surface area contributed by atoms with Gasteiger partial charge in [-0.15, -0.1) is 11.8 Å². The highest BCUT2D eigenvalue weighted by molar-refractivity contribution is 8.00. The number of aliphatic carboxylic acids is 1. The van der Waals surface area contributed by atoms with Crippen LogP contribution in [-0.4, -0.2) is 51.0 Å². The SMILES string of the molecule is O=C(O)CSCC(=O)N1CC2CC(C1)c1ccc(-c3cccc(C(F)(F)F)c3)c(=O)n1C2. The van der Waals surface area contributed by atoms with E-state index in [1.165, 1.54) is 12.1 Å². The fourth-order valence-electron chi connectivity index (χ4n) is 4.55. The van der Waals surface area contributed by atoms with E-state index in [1.807, 2.05) is 0 Å². The first-order chi connectivity index (χ1) is 15.1. The van der Waals surface area contributed by atoms with Crippen molar-refractivity contribution in [3.8, 4) is 11.1 Å². The van der Waals surface area contributed by atoms with Crippen molar-refractivity contribution in [2.75, 3.05) is 24.6 Å². The largest absolute Gasteiger partial charge is 0.481 e. The molecular weight excluding hydrogens is 445 g/mol. The van der Waals surface area contributed by atoms with Crippen molar-refractivity contribution in [1.29, 1.82) is 0 Å². The number of pyridine rings is 1. The Balaban J connectivity index is 1.57. The molecule has 1 fully saturated rings. The predicted octanol–water partition coefficient (Wildman–Crippen LogP) is 3.30. The molecule has 1 aromatic carbocycles. The van der Waals surface area contributed by atoms with Crippen LogP contribution in [0.3, 0.4) is 0 Å². The number of hydrogen-bond donors (Lipinski definition) is 1. The number of likely N-dealkylation sites (tertiary alicyclic amines) is 1. The highest BCUT2D eigenvalue weighted by atomic mass is 32.2. The molecule has 2 bridgehead atoms. The van der Waals surface area contributed by atoms with E-state index in [4.69, 9.17) is 5.11 Å². The van der Waals surface area contributed by atoms with Crippen LogP contribution in [-0.2, 0) is 22.3 Å². The summed E-state index contributed by atoms with van der Waals surface area (Å²) in [6.45, 7) is 1.30. The van der Waals surface area contributed by atoms with Crippen molar-refractivity contribution in [3.63, 3.8) is 0 Å². The summed E-state index contributed by atoms with van der Waals surface area (Å²) in [5, 5.41) is 8.73. The summed E-state index contributed by atoms with van der Waals surface area (Å²) in [5.41, 5.74) is 0.0934. The number of thioether (sulfide) groups is 1. The lowest BCUT2D eigenvalue weighted by atomic mass is 9.82. The van der Waals surface area contributed by atoms with Gasteiger partial charge in [-0.25, -0.2) is 0 Å². The van der Waals surface area contributed by atoms with Crippen LogP contribution >= 0.6 is 11.8 Å². The molecule has 1 saturated heterocycles. The third-order valence-electron chi connectivity index (χ3n) is 5.91. The molecule has 10 heteroatoms. The summed E-state index contributed by atoms with van der Waals surface area (Å²) >= 11 is 1.06. The molecule has 0 radical (unpaired) electrons. The normalized spacial score (nSPS) is 20.0. The molecule has 2 aliphatic heterocycles. The number of piperidine rings is 1. The van der Waals surface area contributed by atoms with Gasteiger partial charge >= 0.3 is 12.1 Å². The zero-order valence-electron chi connectivity index (χ0n) is 17.0. The Kier molecular flexibility index (Phi) is 6.07. The number of amides is 1. The Morgan fingerprint density at radius 2 is 1.88 bits per heavy atom. The van der Waals surface area contributed by atoms with Crippen LogP contribution in [0.5, 0.6) is 0 Å². The van der Waals surface area contributed by atoms with E-state index in [0.29, 0.717) is 19.6 Å². The first-order valence-corrected chi connectivity index (χ1v) is 11.3. The number of alkyl halides is 3. The molecule has 1 amide bonds. The zero-order valence-corrected chi connectivity index (χ0v) is 17.8. The van der Waals surface area contributed by atoms with Crippen LogP contribution < -0.4 is 5.56 Å². The van der Waals surface area contributed by atoms with E-state index in [1.54, 1.807) is 21.6 Å². The molecule has 0 saturated carbocycles. The maximum absolute atomic E-state index is 13.2. The molecule has 6 nitrogen and oxygen atoms in total. The Labute approximate surface area is 186 Å². The number of rotatable bonds is 5. The van der Waals surface area contributed by atoms with Crippen LogP contribution in [0.2, 0.25) is 0 Å². The Morgan fingerprint density at radius 1 is 1.09 bits per heavy atom. The van der Waals surface area contributed by atoms with Gasteiger partial charge in [-0.3, -0.25) is 14.4 Å². The second-order valence-electron chi connectivity index (χ2n) is 8.15. The monoisotopic (exact) mass is 466 g/mol. The average Bonchev–Trinajstić information content (AvgIpc) is 2.73. The molecule has 32 heavy (non-hydrogen) atoms. The lowest BCUT2D eigenvalue weighted by Crippen LogP contribution is -2.49. The van der Waals surface area contributed by atoms with E-state index in [0.717, 1.165) is 36.0 Å². The fraction of sp³-hybridized carbons (Fsp3) is 0.409. The van der Waals surface area contributed by atoms with E-state index in [9.17, 15) is 27.6 Å². The standard InChI is InChI=1S/C22H21F3N2O4S/c23-22(24,25)16-3-1-2-14(7-16)17-4-5-18-15-6-13(9-27(18)21(17)31)8-26(10-15)19(28)11-32-12-20(29)30/h1-5,7,13,15H,6,8-12H2,(H,29,30). The number of carboxylic acids is 1. The minimum Gasteiger partial charge on any atom is -0.481 e. The molecular formula is C22H21F3N2O4S. The number of hydrogen-bond acceptors (Lipinski definition) is 4. The Hall–Kier alpha value is -2.75. The van der Waals surface area contributed by atoms with Crippen molar-refractivity contribution in [1.82, 2.24) is 9.47 Å². The topological polar surface area (TPSA) is 79.6 Å². The van der Waals surface area contributed by atoms with Gasteiger partial charge in [0.1, 0.15) is 0 Å². The Bertz CT molecular complexity index is 1120. The third kappa shape index (κ3) is 4.55. The summed E-state index contributed by atoms with van der Waals surface area (Å²) in [7, 11) is 0. The molecule has 3 heterocycles. The highest BCUT2D eigenvalue weighted by Gasteiger charge is 2.37. The van der Waals surface area contributed by atoms with E-state index in [2.05, 4.69) is 0 Å². The lowest BCUT2D eigenvalue weighted by Gasteiger charge is -2.43. The van der Waals surface area contributed by atoms with Gasteiger partial charge in [-0.2, -0.15) is 13.2 Å². The molecule has 0 spiro atoms. The fourth-order valence-corrected chi connectivity index (χ4v) is 5.18. The predicted molar refractivity (Wildman–Crippen MR) is 114 cm³/mol. The van der Waals surface area contributed by atoms with Crippen molar-refractivity contribution in [2.45, 2.75) is 25.1 Å². The smallest absolute Gasteiger partial charge is 0.416 e. The first kappa shape index (κ1) is 22.4. The summed E-state index contributed by atoms with van der Waals surface area (Å²) in [6, 6.07) is 8.09. The van der Waals surface area contributed by atoms with E-state index >= 15 is 0 Å². The van der Waals surface area contributed by atoms with Gasteiger partial charge in [0.2, 0.25) is 5.91 Å². The second kappa shape index (κ2) is 8.65. The van der Waals surface area contributed by atoms with Crippen LogP contribution in [0.25, 0.3) is 11.1 Å². The molecule has 2 atom stereocenters. The van der Waals surface area contributed by atoms with Gasteiger partial charge in [0, 0.05) is 36.8 Å². The van der Waals surface area contributed by atoms with Gasteiger partial charge in [0.15, 0.2) is 0 Å². The van der Waals surface area contributed by atoms with Gasteiger partial charge in [0.05, 0.1) is 17.1 Å². The molecule has 1 N–H and O–H groups in total. The summed E-state index contributed by atoms with van der Waals surface area (Å²) in [4.78, 5) is 38.0. The van der Waals surface area contributed by atoms with E-state index < -0.39 is 17.7 Å². The maximum atomic E-state index is 13.2. The van der Waals surface area contributed by atoms with Crippen LogP contribution in [0, 0.1) is 5.92 Å². The van der Waals surface area contributed by atoms with Gasteiger partial charge < -0.3 is 14.6 Å². The van der Waals surface area contributed by atoms with Crippen molar-refractivity contribution in [3.05, 3.63) is 58.0 Å². The molecule has 1 aromatic heterocycles. The highest BCUT2D eigenvalue weighted by Crippen LogP contribution is 2.36. The zero-order chi connectivity index (χ0) is 23.0. The Morgan fingerprint density at radius 3 is 2.59 bits per heavy atom. The van der Waals surface area contributed by atoms with Crippen LogP contribution in [0.1, 0.15) is 23.6 Å². The first-order valence-electron chi connectivity index (χ1n) is 10.1. The van der Waals surface area contributed by atoms with Crippen molar-refractivity contribution in [2.24, 2.45) is 5.92 Å². The molecule has 170 valence electrons. The summed E-state index contributed by atoms with van der Waals surface area (Å²) < 4.78 is 40.9. The number of carbonyl (C=O) groups excluding carboxylic acids is 1. The molecule has 2 aliphatic rings. The molecule has 2 unspecified atom stereocenters. The number of benzene rings is 1. The van der Waals surface area contributed by atoms with E-state index in [-0.39, 0.29) is 45.9 Å². The maximum Gasteiger partial charge on any atom is 0.416 e. The van der Waals surface area contributed by atoms with Crippen LogP contribution in [0.4, 0.5) is 13.2 Å². The number of halogens is 3. The average molecular weight is 466 g/mol. The number of nitrogens with zero attached hydrogens (tertiary/aromatic N) is 2. The second-order valence-corrected chi connectivity index (χ2v) is 9.14. The molecule has 4 rings (SSSR count). The minimum absolute atomic E-state index is 0.0424. The van der Waals surface area contributed by atoms with Crippen molar-refractivity contribution >= 4 is 23.6 Å². The summed E-state index contributed by atoms with van der Waals surface area (Å²) in [6.07, 6.45) is -3.66. The van der Waals surface area contributed by atoms with Crippen molar-refractivity contribution < 1.29 is 27.9 Å². The number of fused-ring (bicyclic) bond motifs is 4. The number of carboxylic acid groups (broad SMARTS) is 1. The minimum atomic E-state index is -4.49. The molecule has 2 aromatic rings.